The zero-order valence-electron chi connectivity index (χ0n) is 11.4. The summed E-state index contributed by atoms with van der Waals surface area (Å²) < 4.78 is 10.6. The quantitative estimate of drug-likeness (QED) is 0.920. The second-order valence-electron chi connectivity index (χ2n) is 4.42. The average Bonchev–Trinajstić information content (AvgIpc) is 2.38. The van der Waals surface area contributed by atoms with Gasteiger partial charge in [-0.3, -0.25) is 0 Å². The molecule has 0 aromatic heterocycles. The van der Waals surface area contributed by atoms with Crippen LogP contribution in [0.25, 0.3) is 10.8 Å². The highest BCUT2D eigenvalue weighted by molar-refractivity contribution is 6.09. The summed E-state index contributed by atoms with van der Waals surface area (Å²) in [6, 6.07) is 5.66. The Morgan fingerprint density at radius 1 is 1.05 bits per heavy atom. The number of carbonyl (C=O) groups is 1. The predicted molar refractivity (Wildman–Crippen MR) is 73.5 cm³/mol. The summed E-state index contributed by atoms with van der Waals surface area (Å²) in [7, 11) is 2.96. The SMILES string of the molecule is COc1c(OC)c(C(=O)O)c2ccc(C)cc2c1C. The highest BCUT2D eigenvalue weighted by atomic mass is 16.5. The van der Waals surface area contributed by atoms with E-state index in [1.807, 2.05) is 32.0 Å². The normalized spacial score (nSPS) is 10.5. The molecule has 2 aromatic carbocycles. The minimum Gasteiger partial charge on any atom is -0.493 e. The minimum absolute atomic E-state index is 0.139. The molecule has 0 bridgehead atoms. The number of benzene rings is 2. The lowest BCUT2D eigenvalue weighted by Crippen LogP contribution is -2.05. The molecule has 1 N–H and O–H groups in total. The van der Waals surface area contributed by atoms with Crippen molar-refractivity contribution in [2.24, 2.45) is 0 Å². The van der Waals surface area contributed by atoms with Crippen LogP contribution in [-0.4, -0.2) is 25.3 Å². The topological polar surface area (TPSA) is 55.8 Å². The largest absolute Gasteiger partial charge is 0.493 e. The van der Waals surface area contributed by atoms with E-state index in [1.54, 1.807) is 0 Å². The molecule has 0 amide bonds. The number of aromatic carboxylic acids is 1. The molecular formula is C15H16O4. The fourth-order valence-corrected chi connectivity index (χ4v) is 2.37. The number of carboxylic acid groups (broad SMARTS) is 1. The van der Waals surface area contributed by atoms with E-state index in [9.17, 15) is 9.90 Å². The van der Waals surface area contributed by atoms with Crippen LogP contribution in [0.15, 0.2) is 18.2 Å². The summed E-state index contributed by atoms with van der Waals surface area (Å²) in [5, 5.41) is 11.0. The zero-order valence-corrected chi connectivity index (χ0v) is 11.4. The third kappa shape index (κ3) is 1.99. The lowest BCUT2D eigenvalue weighted by molar-refractivity contribution is 0.0695. The molecule has 100 valence electrons. The first-order valence-corrected chi connectivity index (χ1v) is 5.89. The van der Waals surface area contributed by atoms with Crippen LogP contribution in [0, 0.1) is 13.8 Å². The second-order valence-corrected chi connectivity index (χ2v) is 4.42. The van der Waals surface area contributed by atoms with Crippen LogP contribution in [0.1, 0.15) is 21.5 Å². The molecule has 0 fully saturated rings. The first-order valence-electron chi connectivity index (χ1n) is 5.89. The Balaban J connectivity index is 3.02. The Hall–Kier alpha value is -2.23. The standard InChI is InChI=1S/C15H16O4/c1-8-5-6-10-11(7-8)9(2)13(18-3)14(19-4)12(10)15(16)17/h5-7H,1-4H3,(H,16,17). The van der Waals surface area contributed by atoms with Gasteiger partial charge in [0.25, 0.3) is 0 Å². The molecule has 0 aliphatic heterocycles. The smallest absolute Gasteiger partial charge is 0.340 e. The van der Waals surface area contributed by atoms with Crippen molar-refractivity contribution in [3.8, 4) is 11.5 Å². The van der Waals surface area contributed by atoms with Crippen molar-refractivity contribution in [2.75, 3.05) is 14.2 Å². The Bertz CT molecular complexity index is 659. The molecule has 2 aromatic rings. The maximum atomic E-state index is 11.5. The number of hydrogen-bond acceptors (Lipinski definition) is 3. The molecule has 4 heteroatoms. The third-order valence-electron chi connectivity index (χ3n) is 3.24. The van der Waals surface area contributed by atoms with E-state index in [-0.39, 0.29) is 11.3 Å². The van der Waals surface area contributed by atoms with Crippen molar-refractivity contribution in [1.29, 1.82) is 0 Å². The Labute approximate surface area is 111 Å². The molecular weight excluding hydrogens is 244 g/mol. The summed E-state index contributed by atoms with van der Waals surface area (Å²) >= 11 is 0. The van der Waals surface area contributed by atoms with Crippen LogP contribution >= 0.6 is 0 Å². The van der Waals surface area contributed by atoms with Crippen molar-refractivity contribution in [1.82, 2.24) is 0 Å². The van der Waals surface area contributed by atoms with E-state index in [0.29, 0.717) is 11.1 Å². The van der Waals surface area contributed by atoms with Crippen molar-refractivity contribution in [2.45, 2.75) is 13.8 Å². The summed E-state index contributed by atoms with van der Waals surface area (Å²) in [5.74, 6) is -0.286. The Kier molecular flexibility index (Phi) is 3.34. The average molecular weight is 260 g/mol. The monoisotopic (exact) mass is 260 g/mol. The van der Waals surface area contributed by atoms with E-state index in [2.05, 4.69) is 0 Å². The third-order valence-corrected chi connectivity index (χ3v) is 3.24. The molecule has 0 unspecified atom stereocenters. The Morgan fingerprint density at radius 2 is 1.68 bits per heavy atom. The van der Waals surface area contributed by atoms with E-state index in [4.69, 9.17) is 9.47 Å². The molecule has 4 nitrogen and oxygen atoms in total. The molecule has 19 heavy (non-hydrogen) atoms. The fourth-order valence-electron chi connectivity index (χ4n) is 2.37. The highest BCUT2D eigenvalue weighted by Crippen LogP contribution is 2.41. The summed E-state index contributed by atoms with van der Waals surface area (Å²) in [6.07, 6.45) is 0. The van der Waals surface area contributed by atoms with Gasteiger partial charge < -0.3 is 14.6 Å². The lowest BCUT2D eigenvalue weighted by atomic mass is 9.96. The van der Waals surface area contributed by atoms with E-state index < -0.39 is 5.97 Å². The number of methoxy groups -OCH3 is 2. The van der Waals surface area contributed by atoms with Gasteiger partial charge in [-0.15, -0.1) is 0 Å². The number of fused-ring (bicyclic) bond motifs is 1. The number of rotatable bonds is 3. The van der Waals surface area contributed by atoms with Gasteiger partial charge in [0.05, 0.1) is 14.2 Å². The van der Waals surface area contributed by atoms with Gasteiger partial charge in [-0.1, -0.05) is 23.8 Å². The van der Waals surface area contributed by atoms with Crippen LogP contribution in [-0.2, 0) is 0 Å². The fraction of sp³-hybridized carbons (Fsp3) is 0.267. The lowest BCUT2D eigenvalue weighted by Gasteiger charge is -2.17. The highest BCUT2D eigenvalue weighted by Gasteiger charge is 2.23. The van der Waals surface area contributed by atoms with Crippen LogP contribution in [0.5, 0.6) is 11.5 Å². The molecule has 0 aliphatic rings. The number of aryl methyl sites for hydroxylation is 2. The van der Waals surface area contributed by atoms with Crippen molar-refractivity contribution in [3.05, 3.63) is 34.9 Å². The van der Waals surface area contributed by atoms with Gasteiger partial charge in [0.2, 0.25) is 0 Å². The van der Waals surface area contributed by atoms with Crippen molar-refractivity contribution < 1.29 is 19.4 Å². The molecule has 0 atom stereocenters. The first-order chi connectivity index (χ1) is 9.01. The predicted octanol–water partition coefficient (Wildman–Crippen LogP) is 3.17. The maximum Gasteiger partial charge on any atom is 0.340 e. The minimum atomic E-state index is -1.02. The number of ether oxygens (including phenoxy) is 2. The summed E-state index contributed by atoms with van der Waals surface area (Å²) in [4.78, 5) is 11.5. The maximum absolute atomic E-state index is 11.5. The molecule has 0 saturated heterocycles. The number of hydrogen-bond donors (Lipinski definition) is 1. The van der Waals surface area contributed by atoms with Crippen LogP contribution < -0.4 is 9.47 Å². The molecule has 0 spiro atoms. The van der Waals surface area contributed by atoms with Gasteiger partial charge in [0, 0.05) is 10.9 Å². The van der Waals surface area contributed by atoms with E-state index in [0.717, 1.165) is 16.5 Å². The summed E-state index contributed by atoms with van der Waals surface area (Å²) in [5.41, 5.74) is 2.09. The molecule has 0 radical (unpaired) electrons. The molecule has 2 rings (SSSR count). The van der Waals surface area contributed by atoms with Crippen molar-refractivity contribution >= 4 is 16.7 Å². The molecule has 0 aliphatic carbocycles. The number of carboxylic acids is 1. The molecule has 0 heterocycles. The van der Waals surface area contributed by atoms with Gasteiger partial charge in [-0.05, 0) is 19.2 Å². The van der Waals surface area contributed by atoms with Crippen LogP contribution in [0.3, 0.4) is 0 Å². The zero-order chi connectivity index (χ0) is 14.2. The second kappa shape index (κ2) is 4.80. The van der Waals surface area contributed by atoms with Gasteiger partial charge in [-0.2, -0.15) is 0 Å². The summed E-state index contributed by atoms with van der Waals surface area (Å²) in [6.45, 7) is 3.87. The van der Waals surface area contributed by atoms with E-state index in [1.165, 1.54) is 14.2 Å². The van der Waals surface area contributed by atoms with Gasteiger partial charge >= 0.3 is 5.97 Å². The van der Waals surface area contributed by atoms with Crippen LogP contribution in [0.4, 0.5) is 0 Å². The van der Waals surface area contributed by atoms with Gasteiger partial charge in [0.15, 0.2) is 11.5 Å². The van der Waals surface area contributed by atoms with E-state index >= 15 is 0 Å². The van der Waals surface area contributed by atoms with Gasteiger partial charge in [0.1, 0.15) is 5.56 Å². The molecule has 0 saturated carbocycles. The van der Waals surface area contributed by atoms with Crippen molar-refractivity contribution in [3.63, 3.8) is 0 Å². The Morgan fingerprint density at radius 3 is 2.21 bits per heavy atom. The van der Waals surface area contributed by atoms with Crippen LogP contribution in [0.2, 0.25) is 0 Å². The van der Waals surface area contributed by atoms with Gasteiger partial charge in [-0.25, -0.2) is 4.79 Å². The first kappa shape index (κ1) is 13.2.